The number of benzene rings is 2. The molecule has 2 aromatic rings. The zero-order chi connectivity index (χ0) is 30.9. The zero-order valence-electron chi connectivity index (χ0n) is 25.2. The fraction of sp³-hybridized carbons (Fsp3) is 0.457. The fourth-order valence-corrected chi connectivity index (χ4v) is 8.31. The lowest BCUT2D eigenvalue weighted by molar-refractivity contribution is -0.171. The summed E-state index contributed by atoms with van der Waals surface area (Å²) in [6.07, 6.45) is 2.65. The third kappa shape index (κ3) is 4.00. The summed E-state index contributed by atoms with van der Waals surface area (Å²) < 4.78 is 0. The third-order valence-corrected chi connectivity index (χ3v) is 10.1. The van der Waals surface area contributed by atoms with Gasteiger partial charge in [-0.1, -0.05) is 65.0 Å². The maximum Gasteiger partial charge on any atom is 0.209 e. The van der Waals surface area contributed by atoms with Crippen molar-refractivity contribution in [3.05, 3.63) is 86.9 Å². The van der Waals surface area contributed by atoms with E-state index in [0.29, 0.717) is 12.0 Å². The molecule has 0 heterocycles. The first kappa shape index (κ1) is 29.8. The highest BCUT2D eigenvalue weighted by Gasteiger charge is 2.71. The molecule has 0 saturated heterocycles. The molecule has 4 N–H and O–H groups in total. The van der Waals surface area contributed by atoms with Gasteiger partial charge in [0.2, 0.25) is 5.78 Å². The van der Waals surface area contributed by atoms with Crippen LogP contribution in [0.3, 0.4) is 0 Å². The molecule has 0 bridgehead atoms. The number of aliphatic hydroxyl groups excluding tert-OH is 2. The van der Waals surface area contributed by atoms with E-state index in [2.05, 4.69) is 25.1 Å². The van der Waals surface area contributed by atoms with Crippen LogP contribution in [0.2, 0.25) is 0 Å². The van der Waals surface area contributed by atoms with Crippen molar-refractivity contribution in [1.82, 2.24) is 0 Å². The van der Waals surface area contributed by atoms with Crippen LogP contribution in [0.5, 0.6) is 5.75 Å². The minimum absolute atomic E-state index is 0.0647. The highest BCUT2D eigenvalue weighted by molar-refractivity contribution is 6.25. The van der Waals surface area contributed by atoms with Gasteiger partial charge in [-0.15, -0.1) is 0 Å². The van der Waals surface area contributed by atoms with Crippen molar-refractivity contribution in [1.29, 1.82) is 0 Å². The second-order valence-corrected chi connectivity index (χ2v) is 13.2. The summed E-state index contributed by atoms with van der Waals surface area (Å²) in [5.41, 5.74) is -1.67. The number of ketones is 3. The number of allylic oxidation sites excluding steroid dienone is 2. The lowest BCUT2D eigenvalue weighted by atomic mass is 9.44. The van der Waals surface area contributed by atoms with E-state index >= 15 is 0 Å². The molecule has 7 heteroatoms. The number of hydrogen-bond donors (Lipinski definition) is 4. The number of aliphatic hydroxyl groups is 3. The number of rotatable bonds is 6. The predicted octanol–water partition coefficient (Wildman–Crippen LogP) is 5.69. The van der Waals surface area contributed by atoms with Crippen molar-refractivity contribution in [3.8, 4) is 5.75 Å². The number of fused-ring (bicyclic) bond motifs is 3. The topological polar surface area (TPSA) is 132 Å². The molecule has 0 saturated carbocycles. The van der Waals surface area contributed by atoms with Crippen LogP contribution < -0.4 is 0 Å². The molecule has 0 aromatic heterocycles. The Hall–Kier alpha value is -3.71. The Morgan fingerprint density at radius 3 is 2.31 bits per heavy atom. The van der Waals surface area contributed by atoms with Crippen LogP contribution in [-0.4, -0.2) is 43.4 Å². The van der Waals surface area contributed by atoms with Crippen LogP contribution in [0.4, 0.5) is 0 Å². The predicted molar refractivity (Wildman–Crippen MR) is 158 cm³/mol. The van der Waals surface area contributed by atoms with Crippen molar-refractivity contribution >= 4 is 17.3 Å². The molecular weight excluding hydrogens is 532 g/mol. The highest BCUT2D eigenvalue weighted by atomic mass is 16.3. The normalized spacial score (nSPS) is 29.0. The molecule has 3 aliphatic rings. The average molecular weight is 573 g/mol. The first-order chi connectivity index (χ1) is 19.6. The van der Waals surface area contributed by atoms with Gasteiger partial charge in [0.05, 0.1) is 5.56 Å². The van der Waals surface area contributed by atoms with Crippen LogP contribution in [0.15, 0.2) is 59.1 Å². The summed E-state index contributed by atoms with van der Waals surface area (Å²) in [6, 6.07) is 11.7. The molecule has 2 aromatic carbocycles. The standard InChI is InChI=1S/C35H40O7/c1-7-20-9-8-10-21(15-20)11-12-22-13-14-24(37)26-23(22)16-33(5)17-34(6)27(18(2)3)29(38)25(19(4)36)31(40)35(34,42)32(41)28(33)30(26)39/h8-10,13-15,18,27,37-38,41-42H,7,11-12,16-17H2,1-6H3/t27?,33-,34-,35+/m1/s1. The molecule has 0 amide bonds. The molecule has 3 aliphatic carbocycles. The molecule has 1 unspecified atom stereocenters. The summed E-state index contributed by atoms with van der Waals surface area (Å²) in [5, 5.41) is 46.1. The third-order valence-electron chi connectivity index (χ3n) is 10.1. The second kappa shape index (κ2) is 9.94. The van der Waals surface area contributed by atoms with Gasteiger partial charge in [0.15, 0.2) is 17.2 Å². The van der Waals surface area contributed by atoms with Gasteiger partial charge in [-0.05, 0) is 73.3 Å². The lowest BCUT2D eigenvalue weighted by Gasteiger charge is -2.59. The van der Waals surface area contributed by atoms with Crippen molar-refractivity contribution in [2.24, 2.45) is 22.7 Å². The number of carbonyl (C=O) groups is 3. The van der Waals surface area contributed by atoms with E-state index in [-0.39, 0.29) is 41.4 Å². The van der Waals surface area contributed by atoms with E-state index in [1.54, 1.807) is 6.92 Å². The van der Waals surface area contributed by atoms with Gasteiger partial charge in [-0.25, -0.2) is 0 Å². The van der Waals surface area contributed by atoms with Crippen molar-refractivity contribution in [3.63, 3.8) is 0 Å². The van der Waals surface area contributed by atoms with E-state index in [1.807, 2.05) is 32.9 Å². The maximum absolute atomic E-state index is 14.2. The van der Waals surface area contributed by atoms with E-state index in [9.17, 15) is 34.8 Å². The molecule has 0 aliphatic heterocycles. The van der Waals surface area contributed by atoms with Gasteiger partial charge in [0.25, 0.3) is 0 Å². The molecule has 222 valence electrons. The minimum Gasteiger partial charge on any atom is -0.511 e. The van der Waals surface area contributed by atoms with Gasteiger partial charge in [-0.3, -0.25) is 14.4 Å². The molecule has 4 atom stereocenters. The fourth-order valence-electron chi connectivity index (χ4n) is 8.31. The molecule has 42 heavy (non-hydrogen) atoms. The Labute approximate surface area is 246 Å². The van der Waals surface area contributed by atoms with E-state index < -0.39 is 51.0 Å². The monoisotopic (exact) mass is 572 g/mol. The van der Waals surface area contributed by atoms with Crippen molar-refractivity contribution in [2.45, 2.75) is 79.2 Å². The largest absolute Gasteiger partial charge is 0.511 e. The number of hydrogen-bond acceptors (Lipinski definition) is 7. The minimum atomic E-state index is -2.60. The Bertz CT molecular complexity index is 1590. The number of Topliss-reactive ketones (excluding diaryl/α,β-unsaturated/α-hetero) is 3. The first-order valence-corrected chi connectivity index (χ1v) is 14.7. The second-order valence-electron chi connectivity index (χ2n) is 13.2. The number of aromatic hydroxyl groups is 1. The Morgan fingerprint density at radius 2 is 1.69 bits per heavy atom. The SMILES string of the molecule is CCc1cccc(CCc2ccc(O)c3c2C[C@]2(C)C[C@]4(C)C(C(C)C)C(O)=C(C(C)=O)C(=O)[C@]4(O)C(O)=C2C3=O)c1. The van der Waals surface area contributed by atoms with Crippen LogP contribution in [0.1, 0.15) is 80.6 Å². The van der Waals surface area contributed by atoms with Gasteiger partial charge < -0.3 is 20.4 Å². The lowest BCUT2D eigenvalue weighted by Crippen LogP contribution is -2.67. The maximum atomic E-state index is 14.2. The number of phenols is 1. The van der Waals surface area contributed by atoms with Crippen LogP contribution in [-0.2, 0) is 35.3 Å². The Morgan fingerprint density at radius 1 is 1.02 bits per heavy atom. The Kier molecular flexibility index (Phi) is 7.05. The number of phenolic OH excluding ortho intramolecular Hbond substituents is 1. The summed E-state index contributed by atoms with van der Waals surface area (Å²) >= 11 is 0. The van der Waals surface area contributed by atoms with Crippen LogP contribution in [0, 0.1) is 22.7 Å². The van der Waals surface area contributed by atoms with Crippen molar-refractivity contribution < 1.29 is 34.8 Å². The first-order valence-electron chi connectivity index (χ1n) is 14.7. The average Bonchev–Trinajstić information content (AvgIpc) is 2.90. The molecule has 0 spiro atoms. The van der Waals surface area contributed by atoms with E-state index in [1.165, 1.54) is 17.2 Å². The number of aryl methyl sites for hydroxylation is 3. The molecule has 5 rings (SSSR count). The van der Waals surface area contributed by atoms with Gasteiger partial charge >= 0.3 is 0 Å². The molecular formula is C35H40O7. The van der Waals surface area contributed by atoms with Crippen LogP contribution >= 0.6 is 0 Å². The summed E-state index contributed by atoms with van der Waals surface area (Å²) in [4.78, 5) is 40.5. The summed E-state index contributed by atoms with van der Waals surface area (Å²) in [5.74, 6) is -5.04. The zero-order valence-corrected chi connectivity index (χ0v) is 25.2. The highest BCUT2D eigenvalue weighted by Crippen LogP contribution is 2.65. The molecule has 0 fully saturated rings. The smallest absolute Gasteiger partial charge is 0.209 e. The quantitative estimate of drug-likeness (QED) is 0.327. The van der Waals surface area contributed by atoms with Gasteiger partial charge in [0, 0.05) is 22.3 Å². The van der Waals surface area contributed by atoms with Crippen molar-refractivity contribution in [2.75, 3.05) is 0 Å². The summed E-state index contributed by atoms with van der Waals surface area (Å²) in [7, 11) is 0. The molecule has 0 radical (unpaired) electrons. The molecule has 7 nitrogen and oxygen atoms in total. The number of carbonyl (C=O) groups excluding carboxylic acids is 3. The summed E-state index contributed by atoms with van der Waals surface area (Å²) in [6.45, 7) is 10.3. The van der Waals surface area contributed by atoms with Gasteiger partial charge in [0.1, 0.15) is 22.8 Å². The van der Waals surface area contributed by atoms with E-state index in [0.717, 1.165) is 25.3 Å². The van der Waals surface area contributed by atoms with Gasteiger partial charge in [-0.2, -0.15) is 0 Å². The van der Waals surface area contributed by atoms with Crippen LogP contribution in [0.25, 0.3) is 0 Å². The van der Waals surface area contributed by atoms with E-state index in [4.69, 9.17) is 0 Å². The Balaban J connectivity index is 1.67.